The molecule has 0 bridgehead atoms. The van der Waals surface area contributed by atoms with Crippen molar-refractivity contribution in [2.45, 2.75) is 61.9 Å². The van der Waals surface area contributed by atoms with Gasteiger partial charge in [0, 0.05) is 17.3 Å². The van der Waals surface area contributed by atoms with E-state index in [0.29, 0.717) is 6.42 Å². The molecule has 2 fully saturated rings. The van der Waals surface area contributed by atoms with E-state index in [4.69, 9.17) is 5.73 Å². The molecule has 6 nitrogen and oxygen atoms in total. The third-order valence-corrected chi connectivity index (χ3v) is 6.49. The summed E-state index contributed by atoms with van der Waals surface area (Å²) in [6.07, 6.45) is 4.89. The first-order valence-corrected chi connectivity index (χ1v) is 10.1. The highest BCUT2D eigenvalue weighted by atomic mass is 32.2. The van der Waals surface area contributed by atoms with Crippen molar-refractivity contribution < 1.29 is 17.6 Å². The molecule has 2 aliphatic carbocycles. The first-order valence-electron chi connectivity index (χ1n) is 8.61. The third kappa shape index (κ3) is 4.19. The Morgan fingerprint density at radius 1 is 1.28 bits per heavy atom. The molecule has 0 saturated heterocycles. The largest absolute Gasteiger partial charge is 0.326 e. The lowest BCUT2D eigenvalue weighted by Crippen LogP contribution is -2.51. The molecule has 1 aromatic rings. The second-order valence-electron chi connectivity index (χ2n) is 7.33. The molecule has 25 heavy (non-hydrogen) atoms. The van der Waals surface area contributed by atoms with Crippen molar-refractivity contribution >= 4 is 21.6 Å². The molecule has 2 atom stereocenters. The van der Waals surface area contributed by atoms with Gasteiger partial charge in [0.2, 0.25) is 15.9 Å². The first kappa shape index (κ1) is 18.3. The molecule has 0 radical (unpaired) electrons. The molecule has 2 aliphatic rings. The number of hydrogen-bond acceptors (Lipinski definition) is 4. The Labute approximate surface area is 147 Å². The monoisotopic (exact) mass is 369 g/mol. The van der Waals surface area contributed by atoms with Crippen molar-refractivity contribution in [3.05, 3.63) is 24.0 Å². The van der Waals surface area contributed by atoms with Crippen LogP contribution in [0.1, 0.15) is 45.4 Å². The van der Waals surface area contributed by atoms with E-state index in [-0.39, 0.29) is 23.6 Å². The van der Waals surface area contributed by atoms with Gasteiger partial charge < -0.3 is 11.1 Å². The fourth-order valence-electron chi connectivity index (χ4n) is 3.29. The van der Waals surface area contributed by atoms with Crippen molar-refractivity contribution in [2.24, 2.45) is 11.7 Å². The summed E-state index contributed by atoms with van der Waals surface area (Å²) in [7, 11) is -3.93. The Balaban J connectivity index is 1.79. The van der Waals surface area contributed by atoms with Crippen molar-refractivity contribution in [1.29, 1.82) is 0 Å². The van der Waals surface area contributed by atoms with Gasteiger partial charge in [-0.3, -0.25) is 4.79 Å². The lowest BCUT2D eigenvalue weighted by atomic mass is 9.74. The van der Waals surface area contributed by atoms with Crippen LogP contribution in [0.3, 0.4) is 0 Å². The number of carbonyl (C=O) groups excluding carboxylic acids is 1. The number of sulfonamides is 1. The van der Waals surface area contributed by atoms with Crippen molar-refractivity contribution in [1.82, 2.24) is 4.72 Å². The SMILES string of the molecule is CC1(N)CCCCC1C(=O)Nc1ccc(F)c(S(=O)(=O)NC2CC2)c1. The third-order valence-electron chi connectivity index (χ3n) is 4.96. The van der Waals surface area contributed by atoms with E-state index >= 15 is 0 Å². The molecule has 8 heteroatoms. The number of nitrogens with two attached hydrogens (primary N) is 1. The highest BCUT2D eigenvalue weighted by Crippen LogP contribution is 2.33. The molecule has 2 saturated carbocycles. The van der Waals surface area contributed by atoms with E-state index in [9.17, 15) is 17.6 Å². The number of anilines is 1. The molecule has 4 N–H and O–H groups in total. The zero-order valence-electron chi connectivity index (χ0n) is 14.2. The number of rotatable bonds is 5. The van der Waals surface area contributed by atoms with E-state index in [1.807, 2.05) is 6.92 Å². The second-order valence-corrected chi connectivity index (χ2v) is 9.02. The lowest BCUT2D eigenvalue weighted by molar-refractivity contribution is -0.122. The van der Waals surface area contributed by atoms with E-state index in [1.165, 1.54) is 6.07 Å². The summed E-state index contributed by atoms with van der Waals surface area (Å²) in [5.41, 5.74) is 5.90. The van der Waals surface area contributed by atoms with Gasteiger partial charge in [0.15, 0.2) is 0 Å². The summed E-state index contributed by atoms with van der Waals surface area (Å²) in [5, 5.41) is 2.70. The van der Waals surface area contributed by atoms with Crippen LogP contribution in [0, 0.1) is 11.7 Å². The van der Waals surface area contributed by atoms with Gasteiger partial charge in [0.05, 0.1) is 5.92 Å². The number of carbonyl (C=O) groups is 1. The van der Waals surface area contributed by atoms with Crippen LogP contribution in [0.4, 0.5) is 10.1 Å². The predicted molar refractivity (Wildman–Crippen MR) is 92.9 cm³/mol. The predicted octanol–water partition coefficient (Wildman–Crippen LogP) is 2.11. The Kier molecular flexibility index (Phi) is 4.87. The standard InChI is InChI=1S/C17H24FN3O3S/c1-17(19)9-3-2-4-13(17)16(22)20-12-7-8-14(18)15(10-12)25(23,24)21-11-5-6-11/h7-8,10-11,13,21H,2-6,9,19H2,1H3,(H,20,22). The summed E-state index contributed by atoms with van der Waals surface area (Å²) in [6, 6.07) is 3.46. The molecule has 0 aliphatic heterocycles. The molecule has 0 aromatic heterocycles. The number of halogens is 1. The van der Waals surface area contributed by atoms with Crippen LogP contribution in [0.5, 0.6) is 0 Å². The molecule has 0 heterocycles. The van der Waals surface area contributed by atoms with Crippen LogP contribution in [-0.4, -0.2) is 25.9 Å². The Morgan fingerprint density at radius 2 is 2.00 bits per heavy atom. The lowest BCUT2D eigenvalue weighted by Gasteiger charge is -2.37. The summed E-state index contributed by atoms with van der Waals surface area (Å²) >= 11 is 0. The Bertz CT molecular complexity index is 775. The minimum absolute atomic E-state index is 0.122. The van der Waals surface area contributed by atoms with Crippen LogP contribution in [0.2, 0.25) is 0 Å². The minimum atomic E-state index is -3.93. The van der Waals surface area contributed by atoms with Gasteiger partial charge in [0.25, 0.3) is 0 Å². The molecular formula is C17H24FN3O3S. The highest BCUT2D eigenvalue weighted by molar-refractivity contribution is 7.89. The van der Waals surface area contributed by atoms with Crippen LogP contribution >= 0.6 is 0 Å². The number of benzene rings is 1. The summed E-state index contributed by atoms with van der Waals surface area (Å²) < 4.78 is 41.0. The van der Waals surface area contributed by atoms with Crippen LogP contribution in [0.25, 0.3) is 0 Å². The van der Waals surface area contributed by atoms with Crippen molar-refractivity contribution in [3.63, 3.8) is 0 Å². The van der Waals surface area contributed by atoms with Gasteiger partial charge in [-0.1, -0.05) is 12.8 Å². The summed E-state index contributed by atoms with van der Waals surface area (Å²) in [6.45, 7) is 1.86. The number of hydrogen-bond donors (Lipinski definition) is 3. The Hall–Kier alpha value is -1.51. The zero-order chi connectivity index (χ0) is 18.2. The van der Waals surface area contributed by atoms with Gasteiger partial charge in [-0.15, -0.1) is 0 Å². The molecule has 1 aromatic carbocycles. The molecule has 1 amide bonds. The van der Waals surface area contributed by atoms with Gasteiger partial charge in [0.1, 0.15) is 10.7 Å². The highest BCUT2D eigenvalue weighted by Gasteiger charge is 2.38. The summed E-state index contributed by atoms with van der Waals surface area (Å²) in [5.74, 6) is -1.45. The summed E-state index contributed by atoms with van der Waals surface area (Å²) in [4.78, 5) is 12.1. The fraction of sp³-hybridized carbons (Fsp3) is 0.588. The quantitative estimate of drug-likeness (QED) is 0.740. The maximum absolute atomic E-state index is 14.0. The number of amides is 1. The van der Waals surface area contributed by atoms with Crippen LogP contribution in [-0.2, 0) is 14.8 Å². The van der Waals surface area contributed by atoms with Gasteiger partial charge in [-0.2, -0.15) is 0 Å². The van der Waals surface area contributed by atoms with Gasteiger partial charge >= 0.3 is 0 Å². The van der Waals surface area contributed by atoms with Gasteiger partial charge in [-0.05, 0) is 50.8 Å². The topological polar surface area (TPSA) is 101 Å². The smallest absolute Gasteiger partial charge is 0.243 e. The maximum Gasteiger partial charge on any atom is 0.243 e. The van der Waals surface area contributed by atoms with E-state index < -0.39 is 26.3 Å². The number of nitrogens with one attached hydrogen (secondary N) is 2. The van der Waals surface area contributed by atoms with Crippen molar-refractivity contribution in [3.8, 4) is 0 Å². The van der Waals surface area contributed by atoms with E-state index in [0.717, 1.165) is 44.2 Å². The van der Waals surface area contributed by atoms with Gasteiger partial charge in [-0.25, -0.2) is 17.5 Å². The fourth-order valence-corrected chi connectivity index (χ4v) is 4.70. The second kappa shape index (κ2) is 6.66. The van der Waals surface area contributed by atoms with E-state index in [1.54, 1.807) is 0 Å². The molecule has 2 unspecified atom stereocenters. The molecular weight excluding hydrogens is 345 g/mol. The van der Waals surface area contributed by atoms with E-state index in [2.05, 4.69) is 10.0 Å². The van der Waals surface area contributed by atoms with Crippen LogP contribution in [0.15, 0.2) is 23.1 Å². The molecule has 3 rings (SSSR count). The first-order chi connectivity index (χ1) is 11.7. The average Bonchev–Trinajstić information content (AvgIpc) is 3.31. The minimum Gasteiger partial charge on any atom is -0.326 e. The van der Waals surface area contributed by atoms with Crippen LogP contribution < -0.4 is 15.8 Å². The Morgan fingerprint density at radius 3 is 2.64 bits per heavy atom. The maximum atomic E-state index is 14.0. The zero-order valence-corrected chi connectivity index (χ0v) is 15.0. The normalized spacial score (nSPS) is 27.1. The molecule has 0 spiro atoms. The molecule has 138 valence electrons. The van der Waals surface area contributed by atoms with Crippen molar-refractivity contribution in [2.75, 3.05) is 5.32 Å². The average molecular weight is 369 g/mol.